The SMILES string of the molecule is Cc1cc(=O)c(C(=O)O)cn1Cc1cccc(C(N)=O)c1. The van der Waals surface area contributed by atoms with Gasteiger partial charge in [-0.1, -0.05) is 12.1 Å². The molecular formula is C15H14N2O4. The van der Waals surface area contributed by atoms with E-state index in [1.54, 1.807) is 35.8 Å². The molecule has 0 radical (unpaired) electrons. The molecule has 108 valence electrons. The molecule has 2 aromatic rings. The molecule has 3 N–H and O–H groups in total. The minimum absolute atomic E-state index is 0.286. The summed E-state index contributed by atoms with van der Waals surface area (Å²) in [6.45, 7) is 2.05. The summed E-state index contributed by atoms with van der Waals surface area (Å²) in [6.07, 6.45) is 1.30. The fourth-order valence-electron chi connectivity index (χ4n) is 2.02. The van der Waals surface area contributed by atoms with Gasteiger partial charge in [0.05, 0.1) is 0 Å². The molecule has 2 rings (SSSR count). The lowest BCUT2D eigenvalue weighted by atomic mass is 10.1. The minimum atomic E-state index is -1.26. The van der Waals surface area contributed by atoms with Crippen LogP contribution in [0.2, 0.25) is 0 Å². The Morgan fingerprint density at radius 3 is 2.62 bits per heavy atom. The molecule has 0 fully saturated rings. The Balaban J connectivity index is 2.42. The van der Waals surface area contributed by atoms with Crippen molar-refractivity contribution in [2.45, 2.75) is 13.5 Å². The van der Waals surface area contributed by atoms with Gasteiger partial charge in [-0.05, 0) is 24.6 Å². The third-order valence-corrected chi connectivity index (χ3v) is 3.14. The first-order valence-electron chi connectivity index (χ1n) is 6.21. The highest BCUT2D eigenvalue weighted by Gasteiger charge is 2.11. The fourth-order valence-corrected chi connectivity index (χ4v) is 2.02. The number of carboxylic acids is 1. The number of aromatic nitrogens is 1. The van der Waals surface area contributed by atoms with E-state index in [1.165, 1.54) is 12.3 Å². The molecule has 0 spiro atoms. The number of carbonyl (C=O) groups excluding carboxylic acids is 1. The van der Waals surface area contributed by atoms with Crippen LogP contribution < -0.4 is 11.2 Å². The maximum Gasteiger partial charge on any atom is 0.341 e. The predicted octanol–water partition coefficient (Wildman–Crippen LogP) is 1.00. The summed E-state index contributed by atoms with van der Waals surface area (Å²) in [6, 6.07) is 8.02. The monoisotopic (exact) mass is 286 g/mol. The average Bonchev–Trinajstić information content (AvgIpc) is 2.41. The molecule has 0 aliphatic rings. The molecule has 6 nitrogen and oxygen atoms in total. The van der Waals surface area contributed by atoms with Crippen molar-refractivity contribution < 1.29 is 14.7 Å². The number of hydrogen-bond acceptors (Lipinski definition) is 3. The Hall–Kier alpha value is -2.89. The van der Waals surface area contributed by atoms with E-state index < -0.39 is 17.3 Å². The van der Waals surface area contributed by atoms with E-state index in [4.69, 9.17) is 10.8 Å². The van der Waals surface area contributed by atoms with E-state index >= 15 is 0 Å². The van der Waals surface area contributed by atoms with Crippen LogP contribution in [0.15, 0.2) is 41.3 Å². The number of rotatable bonds is 4. The van der Waals surface area contributed by atoms with E-state index in [0.29, 0.717) is 17.8 Å². The van der Waals surface area contributed by atoms with Crippen LogP contribution in [0.25, 0.3) is 0 Å². The van der Waals surface area contributed by atoms with Gasteiger partial charge in [-0.15, -0.1) is 0 Å². The number of nitrogens with two attached hydrogens (primary N) is 1. The van der Waals surface area contributed by atoms with Crippen molar-refractivity contribution in [2.24, 2.45) is 5.73 Å². The lowest BCUT2D eigenvalue weighted by Crippen LogP contribution is -2.19. The second-order valence-electron chi connectivity index (χ2n) is 4.69. The van der Waals surface area contributed by atoms with Crippen molar-refractivity contribution in [3.05, 3.63) is 69.1 Å². The maximum atomic E-state index is 11.6. The molecule has 6 heteroatoms. The topological polar surface area (TPSA) is 102 Å². The van der Waals surface area contributed by atoms with Gasteiger partial charge >= 0.3 is 5.97 Å². The first-order chi connectivity index (χ1) is 9.88. The van der Waals surface area contributed by atoms with Crippen LogP contribution in [0.3, 0.4) is 0 Å². The van der Waals surface area contributed by atoms with Crippen molar-refractivity contribution in [3.8, 4) is 0 Å². The first kappa shape index (κ1) is 14.5. The minimum Gasteiger partial charge on any atom is -0.477 e. The lowest BCUT2D eigenvalue weighted by Gasteiger charge is -2.12. The summed E-state index contributed by atoms with van der Waals surface area (Å²) in [7, 11) is 0. The molecule has 0 saturated heterocycles. The van der Waals surface area contributed by atoms with Crippen LogP contribution in [0.5, 0.6) is 0 Å². The van der Waals surface area contributed by atoms with Crippen LogP contribution >= 0.6 is 0 Å². The smallest absolute Gasteiger partial charge is 0.341 e. The van der Waals surface area contributed by atoms with Crippen LogP contribution in [-0.4, -0.2) is 21.6 Å². The molecule has 0 saturated carbocycles. The van der Waals surface area contributed by atoms with E-state index in [0.717, 1.165) is 5.56 Å². The fraction of sp³-hybridized carbons (Fsp3) is 0.133. The van der Waals surface area contributed by atoms with Gasteiger partial charge in [0.15, 0.2) is 5.43 Å². The van der Waals surface area contributed by atoms with Gasteiger partial charge in [-0.25, -0.2) is 4.79 Å². The number of aryl methyl sites for hydroxylation is 1. The number of pyridine rings is 1. The molecule has 1 amide bonds. The summed E-state index contributed by atoms with van der Waals surface area (Å²) in [4.78, 5) is 33.7. The maximum absolute atomic E-state index is 11.6. The van der Waals surface area contributed by atoms with E-state index in [1.807, 2.05) is 0 Å². The molecular weight excluding hydrogens is 272 g/mol. The standard InChI is InChI=1S/C15H14N2O4/c1-9-5-13(18)12(15(20)21)8-17(9)7-10-3-2-4-11(6-10)14(16)19/h2-6,8H,7H2,1H3,(H2,16,19)(H,20,21). The van der Waals surface area contributed by atoms with Crippen LogP contribution in [0.4, 0.5) is 0 Å². The largest absolute Gasteiger partial charge is 0.477 e. The summed E-state index contributed by atoms with van der Waals surface area (Å²) >= 11 is 0. The van der Waals surface area contributed by atoms with E-state index in [-0.39, 0.29) is 5.56 Å². The zero-order valence-electron chi connectivity index (χ0n) is 11.4. The van der Waals surface area contributed by atoms with Crippen molar-refractivity contribution >= 4 is 11.9 Å². The second-order valence-corrected chi connectivity index (χ2v) is 4.69. The molecule has 21 heavy (non-hydrogen) atoms. The van der Waals surface area contributed by atoms with Crippen molar-refractivity contribution in [3.63, 3.8) is 0 Å². The average molecular weight is 286 g/mol. The third-order valence-electron chi connectivity index (χ3n) is 3.14. The van der Waals surface area contributed by atoms with Gasteiger partial charge in [-0.3, -0.25) is 9.59 Å². The summed E-state index contributed by atoms with van der Waals surface area (Å²) < 4.78 is 1.64. The molecule has 1 aromatic heterocycles. The number of hydrogen-bond donors (Lipinski definition) is 2. The van der Waals surface area contributed by atoms with E-state index in [9.17, 15) is 14.4 Å². The highest BCUT2D eigenvalue weighted by Crippen LogP contribution is 2.09. The van der Waals surface area contributed by atoms with Crippen molar-refractivity contribution in [1.29, 1.82) is 0 Å². The number of carbonyl (C=O) groups is 2. The number of carboxylic acid groups (broad SMARTS) is 1. The van der Waals surface area contributed by atoms with Crippen molar-refractivity contribution in [1.82, 2.24) is 4.57 Å². The Labute approximate surface area is 120 Å². The second kappa shape index (κ2) is 5.62. The Morgan fingerprint density at radius 1 is 1.29 bits per heavy atom. The number of aromatic carboxylic acids is 1. The van der Waals surface area contributed by atoms with Gasteiger partial charge < -0.3 is 15.4 Å². The van der Waals surface area contributed by atoms with Crippen LogP contribution in [0, 0.1) is 6.92 Å². The Bertz CT molecular complexity index is 777. The van der Waals surface area contributed by atoms with E-state index in [2.05, 4.69) is 0 Å². The molecule has 1 aromatic carbocycles. The van der Waals surface area contributed by atoms with Gasteiger partial charge in [0.2, 0.25) is 5.91 Å². The van der Waals surface area contributed by atoms with Crippen molar-refractivity contribution in [2.75, 3.05) is 0 Å². The zero-order chi connectivity index (χ0) is 15.6. The lowest BCUT2D eigenvalue weighted by molar-refractivity contribution is 0.0694. The number of primary amides is 1. The summed E-state index contributed by atoms with van der Waals surface area (Å²) in [5.41, 5.74) is 6.21. The van der Waals surface area contributed by atoms with Crippen LogP contribution in [0.1, 0.15) is 32.0 Å². The summed E-state index contributed by atoms with van der Waals surface area (Å²) in [5, 5.41) is 8.99. The first-order valence-corrected chi connectivity index (χ1v) is 6.21. The molecule has 0 aliphatic carbocycles. The van der Waals surface area contributed by atoms with Gasteiger partial charge in [0.1, 0.15) is 5.56 Å². The molecule has 0 aliphatic heterocycles. The molecule has 1 heterocycles. The number of nitrogens with zero attached hydrogens (tertiary/aromatic N) is 1. The number of amides is 1. The quantitative estimate of drug-likeness (QED) is 0.875. The molecule has 0 bridgehead atoms. The molecule has 0 atom stereocenters. The predicted molar refractivity (Wildman–Crippen MR) is 76.5 cm³/mol. The zero-order valence-corrected chi connectivity index (χ0v) is 11.4. The number of benzene rings is 1. The highest BCUT2D eigenvalue weighted by molar-refractivity contribution is 5.92. The van der Waals surface area contributed by atoms with Crippen LogP contribution in [-0.2, 0) is 6.54 Å². The van der Waals surface area contributed by atoms with Gasteiger partial charge in [-0.2, -0.15) is 0 Å². The van der Waals surface area contributed by atoms with Gasteiger partial charge in [0, 0.05) is 30.1 Å². The molecule has 0 unspecified atom stereocenters. The normalized spacial score (nSPS) is 10.3. The Morgan fingerprint density at radius 2 is 2.00 bits per heavy atom. The summed E-state index contributed by atoms with van der Waals surface area (Å²) in [5.74, 6) is -1.79. The third kappa shape index (κ3) is 3.17. The Kier molecular flexibility index (Phi) is 3.89. The van der Waals surface area contributed by atoms with Gasteiger partial charge in [0.25, 0.3) is 0 Å². The highest BCUT2D eigenvalue weighted by atomic mass is 16.4.